The number of rotatable bonds is 6. The molecule has 1 amide bonds. The van der Waals surface area contributed by atoms with Gasteiger partial charge in [-0.1, -0.05) is 18.6 Å². The predicted molar refractivity (Wildman–Crippen MR) is 68.9 cm³/mol. The fraction of sp³-hybridized carbons (Fsp3) is 0.769. The van der Waals surface area contributed by atoms with Crippen LogP contribution in [-0.4, -0.2) is 38.3 Å². The molecule has 0 aromatic carbocycles. The average Bonchev–Trinajstić information content (AvgIpc) is 2.39. The molecule has 0 spiro atoms. The Morgan fingerprint density at radius 3 is 2.94 bits per heavy atom. The van der Waals surface area contributed by atoms with Gasteiger partial charge in [-0.2, -0.15) is 0 Å². The Balaban J connectivity index is 2.30. The number of ether oxygens (including phenoxy) is 1. The zero-order valence-electron chi connectivity index (χ0n) is 11.1. The number of hydrogen-bond donors (Lipinski definition) is 2. The number of nitrogens with one attached hydrogen (secondary N) is 2. The minimum Gasteiger partial charge on any atom is -0.369 e. The first kappa shape index (κ1) is 14.2. The van der Waals surface area contributed by atoms with Crippen molar-refractivity contribution in [1.29, 1.82) is 0 Å². The minimum absolute atomic E-state index is 0.0166. The van der Waals surface area contributed by atoms with Crippen LogP contribution in [0.2, 0.25) is 0 Å². The summed E-state index contributed by atoms with van der Waals surface area (Å²) in [7, 11) is 1.58. The monoisotopic (exact) mass is 240 g/mol. The lowest BCUT2D eigenvalue weighted by Gasteiger charge is -2.25. The van der Waals surface area contributed by atoms with E-state index in [4.69, 9.17) is 4.74 Å². The Labute approximate surface area is 104 Å². The Kier molecular flexibility index (Phi) is 5.65. The maximum Gasteiger partial charge on any atom is 0.251 e. The summed E-state index contributed by atoms with van der Waals surface area (Å²) in [6.45, 7) is 6.48. The molecular weight excluding hydrogens is 216 g/mol. The molecule has 2 N–H and O–H groups in total. The molecule has 4 heteroatoms. The van der Waals surface area contributed by atoms with Gasteiger partial charge in [-0.05, 0) is 32.7 Å². The average molecular weight is 240 g/mol. The highest BCUT2D eigenvalue weighted by molar-refractivity contribution is 5.84. The molecule has 1 rings (SSSR count). The normalized spacial score (nSPS) is 19.4. The molecule has 0 aliphatic carbocycles. The quantitative estimate of drug-likeness (QED) is 0.687. The Morgan fingerprint density at radius 2 is 2.41 bits per heavy atom. The lowest BCUT2D eigenvalue weighted by molar-refractivity contribution is -0.141. The van der Waals surface area contributed by atoms with Crippen LogP contribution in [0.15, 0.2) is 11.6 Å². The minimum atomic E-state index is -0.692. The van der Waals surface area contributed by atoms with E-state index in [-0.39, 0.29) is 5.91 Å². The molecule has 1 heterocycles. The molecule has 0 saturated carbocycles. The van der Waals surface area contributed by atoms with Crippen LogP contribution < -0.4 is 10.6 Å². The molecule has 0 saturated heterocycles. The largest absolute Gasteiger partial charge is 0.369 e. The van der Waals surface area contributed by atoms with Gasteiger partial charge >= 0.3 is 0 Å². The molecule has 98 valence electrons. The number of carbonyl (C=O) groups is 1. The van der Waals surface area contributed by atoms with Crippen molar-refractivity contribution in [1.82, 2.24) is 10.6 Å². The third-order valence-electron chi connectivity index (χ3n) is 3.50. The third-order valence-corrected chi connectivity index (χ3v) is 3.50. The summed E-state index contributed by atoms with van der Waals surface area (Å²) in [5, 5.41) is 6.22. The van der Waals surface area contributed by atoms with Crippen molar-refractivity contribution in [3.05, 3.63) is 11.6 Å². The van der Waals surface area contributed by atoms with E-state index in [1.165, 1.54) is 5.57 Å². The van der Waals surface area contributed by atoms with Gasteiger partial charge in [-0.15, -0.1) is 0 Å². The van der Waals surface area contributed by atoms with E-state index < -0.39 is 5.60 Å². The molecule has 1 atom stereocenters. The summed E-state index contributed by atoms with van der Waals surface area (Å²) in [4.78, 5) is 11.9. The highest BCUT2D eigenvalue weighted by Crippen LogP contribution is 2.14. The lowest BCUT2D eigenvalue weighted by atomic mass is 10.0. The molecule has 1 unspecified atom stereocenters. The van der Waals surface area contributed by atoms with Gasteiger partial charge in [0.25, 0.3) is 5.91 Å². The first-order chi connectivity index (χ1) is 8.12. The van der Waals surface area contributed by atoms with Gasteiger partial charge in [-0.3, -0.25) is 4.79 Å². The van der Waals surface area contributed by atoms with Crippen LogP contribution in [0, 0.1) is 0 Å². The second kappa shape index (κ2) is 6.77. The highest BCUT2D eigenvalue weighted by Gasteiger charge is 2.30. The summed E-state index contributed by atoms with van der Waals surface area (Å²) in [6.07, 6.45) is 4.93. The summed E-state index contributed by atoms with van der Waals surface area (Å²) < 4.78 is 5.25. The lowest BCUT2D eigenvalue weighted by Crippen LogP contribution is -2.45. The van der Waals surface area contributed by atoms with Gasteiger partial charge in [0.2, 0.25) is 0 Å². The first-order valence-electron chi connectivity index (χ1n) is 6.34. The van der Waals surface area contributed by atoms with Gasteiger partial charge in [0.05, 0.1) is 0 Å². The van der Waals surface area contributed by atoms with Gasteiger partial charge < -0.3 is 15.4 Å². The molecule has 1 aliphatic heterocycles. The van der Waals surface area contributed by atoms with Crippen molar-refractivity contribution < 1.29 is 9.53 Å². The Bertz CT molecular complexity index is 283. The van der Waals surface area contributed by atoms with Crippen molar-refractivity contribution >= 4 is 5.91 Å². The molecule has 0 fully saturated rings. The number of carbonyl (C=O) groups excluding carboxylic acids is 1. The van der Waals surface area contributed by atoms with Crippen molar-refractivity contribution in [2.24, 2.45) is 0 Å². The summed E-state index contributed by atoms with van der Waals surface area (Å²) in [5.41, 5.74) is 0.738. The molecule has 0 bridgehead atoms. The van der Waals surface area contributed by atoms with Crippen LogP contribution in [0.1, 0.15) is 33.1 Å². The van der Waals surface area contributed by atoms with E-state index in [2.05, 4.69) is 16.7 Å². The molecule has 4 nitrogen and oxygen atoms in total. The third kappa shape index (κ3) is 4.13. The molecule has 0 aromatic heterocycles. The maximum atomic E-state index is 11.9. The molecule has 1 aliphatic rings. The number of methoxy groups -OCH3 is 1. The van der Waals surface area contributed by atoms with Crippen LogP contribution >= 0.6 is 0 Å². The van der Waals surface area contributed by atoms with E-state index in [0.29, 0.717) is 13.0 Å². The zero-order chi connectivity index (χ0) is 12.7. The summed E-state index contributed by atoms with van der Waals surface area (Å²) in [5.74, 6) is -0.0166. The van der Waals surface area contributed by atoms with Crippen molar-refractivity contribution in [2.45, 2.75) is 38.7 Å². The van der Waals surface area contributed by atoms with E-state index in [1.54, 1.807) is 7.11 Å². The summed E-state index contributed by atoms with van der Waals surface area (Å²) in [6, 6.07) is 0. The van der Waals surface area contributed by atoms with Crippen molar-refractivity contribution in [3.63, 3.8) is 0 Å². The highest BCUT2D eigenvalue weighted by atomic mass is 16.5. The Hall–Kier alpha value is -0.870. The SMILES string of the molecule is CCC(C)(OC)C(=O)NCCC1=CCNCC1. The van der Waals surface area contributed by atoms with Crippen LogP contribution in [0.3, 0.4) is 0 Å². The fourth-order valence-electron chi connectivity index (χ4n) is 1.82. The molecule has 0 aromatic rings. The zero-order valence-corrected chi connectivity index (χ0v) is 11.1. The van der Waals surface area contributed by atoms with Gasteiger partial charge in [-0.25, -0.2) is 0 Å². The standard InChI is InChI=1S/C13H24N2O2/c1-4-13(2,17-3)12(16)15-10-7-11-5-8-14-9-6-11/h5,14H,4,6-10H2,1-3H3,(H,15,16). The maximum absolute atomic E-state index is 11.9. The number of amides is 1. The van der Waals surface area contributed by atoms with Crippen LogP contribution in [0.4, 0.5) is 0 Å². The second-order valence-corrected chi connectivity index (χ2v) is 4.61. The topological polar surface area (TPSA) is 50.4 Å². The number of hydrogen-bond acceptors (Lipinski definition) is 3. The second-order valence-electron chi connectivity index (χ2n) is 4.61. The van der Waals surface area contributed by atoms with Crippen molar-refractivity contribution in [3.8, 4) is 0 Å². The molecule has 0 radical (unpaired) electrons. The summed E-state index contributed by atoms with van der Waals surface area (Å²) >= 11 is 0. The van der Waals surface area contributed by atoms with Crippen LogP contribution in [0.25, 0.3) is 0 Å². The van der Waals surface area contributed by atoms with Crippen LogP contribution in [0.5, 0.6) is 0 Å². The van der Waals surface area contributed by atoms with E-state index in [0.717, 1.165) is 25.9 Å². The predicted octanol–water partition coefficient (Wildman–Crippen LogP) is 1.23. The van der Waals surface area contributed by atoms with E-state index in [1.807, 2.05) is 13.8 Å². The van der Waals surface area contributed by atoms with E-state index in [9.17, 15) is 4.79 Å². The molecular formula is C13H24N2O2. The first-order valence-corrected chi connectivity index (χ1v) is 6.34. The van der Waals surface area contributed by atoms with E-state index >= 15 is 0 Å². The Morgan fingerprint density at radius 1 is 1.65 bits per heavy atom. The van der Waals surface area contributed by atoms with Gasteiger partial charge in [0, 0.05) is 20.2 Å². The van der Waals surface area contributed by atoms with Gasteiger partial charge in [0.15, 0.2) is 0 Å². The fourth-order valence-corrected chi connectivity index (χ4v) is 1.82. The molecule has 17 heavy (non-hydrogen) atoms. The van der Waals surface area contributed by atoms with Crippen molar-refractivity contribution in [2.75, 3.05) is 26.7 Å². The van der Waals surface area contributed by atoms with Crippen LogP contribution in [-0.2, 0) is 9.53 Å². The smallest absolute Gasteiger partial charge is 0.251 e. The van der Waals surface area contributed by atoms with Gasteiger partial charge in [0.1, 0.15) is 5.60 Å².